The Balaban J connectivity index is 0.000000138. The Labute approximate surface area is 66.8 Å². The van der Waals surface area contributed by atoms with Gasteiger partial charge in [0.25, 0.3) is 0 Å². The second-order valence-corrected chi connectivity index (χ2v) is 2.79. The molecule has 0 amide bonds. The Bertz CT molecular complexity index is 165. The van der Waals surface area contributed by atoms with Crippen LogP contribution in [0, 0.1) is 0 Å². The summed E-state index contributed by atoms with van der Waals surface area (Å²) < 4.78 is 0. The van der Waals surface area contributed by atoms with Gasteiger partial charge in [-0.3, -0.25) is 0 Å². The maximum absolute atomic E-state index is 5.54. The topological polar surface area (TPSA) is 0 Å². The summed E-state index contributed by atoms with van der Waals surface area (Å²) in [5, 5.41) is 0.794. The average Bonchev–Trinajstić information content (AvgIpc) is 2.73. The number of halogens is 1. The number of hydrogen-bond donors (Lipinski definition) is 0. The molecule has 0 nitrogen and oxygen atoms in total. The highest BCUT2D eigenvalue weighted by Gasteiger charge is 1.95. The van der Waals surface area contributed by atoms with Crippen molar-refractivity contribution in [3.8, 4) is 0 Å². The minimum atomic E-state index is 0.794. The molecule has 0 saturated heterocycles. The quantitative estimate of drug-likeness (QED) is 0.537. The maximum Gasteiger partial charge on any atom is 0.0405 e. The first kappa shape index (κ1) is 7.62. The third kappa shape index (κ3) is 4.39. The SMILES string of the molecule is C1CC1.Clc1ccccc1. The molecule has 0 radical (unpaired) electrons. The van der Waals surface area contributed by atoms with Gasteiger partial charge in [0.1, 0.15) is 0 Å². The van der Waals surface area contributed by atoms with Gasteiger partial charge in [0.15, 0.2) is 0 Å². The van der Waals surface area contributed by atoms with E-state index in [0.29, 0.717) is 0 Å². The van der Waals surface area contributed by atoms with Crippen molar-refractivity contribution >= 4 is 11.6 Å². The summed E-state index contributed by atoms with van der Waals surface area (Å²) in [4.78, 5) is 0. The van der Waals surface area contributed by atoms with Gasteiger partial charge in [-0.25, -0.2) is 0 Å². The predicted molar refractivity (Wildman–Crippen MR) is 45.3 cm³/mol. The summed E-state index contributed by atoms with van der Waals surface area (Å²) in [6.07, 6.45) is 4.50. The Hall–Kier alpha value is -0.490. The molecule has 0 heterocycles. The molecule has 2 rings (SSSR count). The smallest absolute Gasteiger partial charge is 0.0405 e. The molecule has 1 aliphatic carbocycles. The molecule has 1 aromatic rings. The number of hydrogen-bond acceptors (Lipinski definition) is 0. The van der Waals surface area contributed by atoms with E-state index in [-0.39, 0.29) is 0 Å². The van der Waals surface area contributed by atoms with Crippen LogP contribution >= 0.6 is 11.6 Å². The average molecular weight is 155 g/mol. The van der Waals surface area contributed by atoms with Gasteiger partial charge >= 0.3 is 0 Å². The Kier molecular flexibility index (Phi) is 3.31. The van der Waals surface area contributed by atoms with Crippen molar-refractivity contribution in [1.29, 1.82) is 0 Å². The van der Waals surface area contributed by atoms with Gasteiger partial charge in [0.2, 0.25) is 0 Å². The van der Waals surface area contributed by atoms with Crippen LogP contribution in [0.1, 0.15) is 19.3 Å². The van der Waals surface area contributed by atoms with E-state index in [1.165, 1.54) is 19.3 Å². The van der Waals surface area contributed by atoms with Gasteiger partial charge in [-0.2, -0.15) is 0 Å². The van der Waals surface area contributed by atoms with Crippen molar-refractivity contribution in [3.05, 3.63) is 35.4 Å². The van der Waals surface area contributed by atoms with E-state index in [4.69, 9.17) is 11.6 Å². The highest BCUT2D eigenvalue weighted by Crippen LogP contribution is 2.14. The van der Waals surface area contributed by atoms with Gasteiger partial charge in [0.05, 0.1) is 0 Å². The fraction of sp³-hybridized carbons (Fsp3) is 0.333. The van der Waals surface area contributed by atoms with Crippen LogP contribution in [0.2, 0.25) is 5.02 Å². The van der Waals surface area contributed by atoms with Crippen molar-refractivity contribution in [2.75, 3.05) is 0 Å². The molecule has 0 aliphatic heterocycles. The predicted octanol–water partition coefficient (Wildman–Crippen LogP) is 3.51. The second-order valence-electron chi connectivity index (χ2n) is 2.36. The van der Waals surface area contributed by atoms with Crippen molar-refractivity contribution in [2.45, 2.75) is 19.3 Å². The molecule has 1 aliphatic rings. The monoisotopic (exact) mass is 154 g/mol. The lowest BCUT2D eigenvalue weighted by Crippen LogP contribution is -1.55. The summed E-state index contributed by atoms with van der Waals surface area (Å²) in [7, 11) is 0. The second kappa shape index (κ2) is 4.35. The van der Waals surface area contributed by atoms with Crippen LogP contribution in [-0.4, -0.2) is 0 Å². The minimum absolute atomic E-state index is 0.794. The fourth-order valence-electron chi connectivity index (χ4n) is 0.415. The molecule has 0 unspecified atom stereocenters. The highest BCUT2D eigenvalue weighted by atomic mass is 35.5. The molecule has 0 bridgehead atoms. The van der Waals surface area contributed by atoms with E-state index in [1.54, 1.807) is 0 Å². The number of benzene rings is 1. The number of rotatable bonds is 0. The van der Waals surface area contributed by atoms with Crippen molar-refractivity contribution in [2.24, 2.45) is 0 Å². The Morgan fingerprint density at radius 1 is 0.900 bits per heavy atom. The highest BCUT2D eigenvalue weighted by molar-refractivity contribution is 6.30. The van der Waals surface area contributed by atoms with Gasteiger partial charge < -0.3 is 0 Å². The third-order valence-corrected chi connectivity index (χ3v) is 1.34. The van der Waals surface area contributed by atoms with Gasteiger partial charge in [-0.1, -0.05) is 49.1 Å². The molecule has 0 aromatic heterocycles. The van der Waals surface area contributed by atoms with E-state index in [9.17, 15) is 0 Å². The molecule has 54 valence electrons. The van der Waals surface area contributed by atoms with Crippen LogP contribution in [-0.2, 0) is 0 Å². The zero-order valence-electron chi connectivity index (χ0n) is 5.89. The van der Waals surface area contributed by atoms with E-state index < -0.39 is 0 Å². The van der Waals surface area contributed by atoms with Crippen molar-refractivity contribution in [1.82, 2.24) is 0 Å². The van der Waals surface area contributed by atoms with Crippen LogP contribution < -0.4 is 0 Å². The molecular weight excluding hydrogens is 144 g/mol. The molecule has 0 atom stereocenters. The molecule has 1 saturated carbocycles. The largest absolute Gasteiger partial charge is 0.0843 e. The van der Waals surface area contributed by atoms with Crippen LogP contribution in [0.15, 0.2) is 30.3 Å². The van der Waals surface area contributed by atoms with Crippen molar-refractivity contribution < 1.29 is 0 Å². The first-order valence-electron chi connectivity index (χ1n) is 3.60. The normalized spacial score (nSPS) is 13.3. The van der Waals surface area contributed by atoms with E-state index in [0.717, 1.165) is 5.02 Å². The molecule has 0 N–H and O–H groups in total. The van der Waals surface area contributed by atoms with E-state index in [1.807, 2.05) is 30.3 Å². The van der Waals surface area contributed by atoms with E-state index in [2.05, 4.69) is 0 Å². The van der Waals surface area contributed by atoms with Gasteiger partial charge in [-0.15, -0.1) is 0 Å². The van der Waals surface area contributed by atoms with Crippen LogP contribution in [0.3, 0.4) is 0 Å². The van der Waals surface area contributed by atoms with E-state index >= 15 is 0 Å². The summed E-state index contributed by atoms with van der Waals surface area (Å²) in [5.41, 5.74) is 0. The summed E-state index contributed by atoms with van der Waals surface area (Å²) in [6.45, 7) is 0. The Morgan fingerprint density at radius 2 is 1.40 bits per heavy atom. The lowest BCUT2D eigenvalue weighted by Gasteiger charge is -1.80. The van der Waals surface area contributed by atoms with Crippen molar-refractivity contribution in [3.63, 3.8) is 0 Å². The fourth-order valence-corrected chi connectivity index (χ4v) is 0.560. The zero-order valence-corrected chi connectivity index (χ0v) is 6.64. The van der Waals surface area contributed by atoms with Crippen LogP contribution in [0.5, 0.6) is 0 Å². The standard InChI is InChI=1S/C6H5Cl.C3H6/c7-6-4-2-1-3-5-6;1-2-3-1/h1-5H;1-3H2. The first-order chi connectivity index (χ1) is 4.89. The minimum Gasteiger partial charge on any atom is -0.0843 e. The molecule has 1 fully saturated rings. The lowest BCUT2D eigenvalue weighted by molar-refractivity contribution is 1.50. The maximum atomic E-state index is 5.54. The molecule has 10 heavy (non-hydrogen) atoms. The van der Waals surface area contributed by atoms with Crippen LogP contribution in [0.25, 0.3) is 0 Å². The van der Waals surface area contributed by atoms with Gasteiger partial charge in [-0.05, 0) is 12.1 Å². The summed E-state index contributed by atoms with van der Waals surface area (Å²) in [5.74, 6) is 0. The third-order valence-electron chi connectivity index (χ3n) is 1.09. The van der Waals surface area contributed by atoms with Gasteiger partial charge in [0, 0.05) is 5.02 Å². The lowest BCUT2D eigenvalue weighted by atomic mass is 10.4. The Morgan fingerprint density at radius 3 is 1.60 bits per heavy atom. The summed E-state index contributed by atoms with van der Waals surface area (Å²) >= 11 is 5.54. The molecular formula is C9H11Cl. The summed E-state index contributed by atoms with van der Waals surface area (Å²) in [6, 6.07) is 9.44. The molecule has 1 heteroatoms. The first-order valence-corrected chi connectivity index (χ1v) is 3.98. The molecule has 1 aromatic carbocycles. The zero-order chi connectivity index (χ0) is 7.23. The molecule has 0 spiro atoms. The van der Waals surface area contributed by atoms with Crippen LogP contribution in [0.4, 0.5) is 0 Å².